The number of thioether (sulfide) groups is 1. The molecular formula is C29H31N3O3S. The van der Waals surface area contributed by atoms with Crippen LogP contribution in [-0.2, 0) is 20.9 Å². The van der Waals surface area contributed by atoms with Crippen molar-refractivity contribution in [2.45, 2.75) is 52.7 Å². The van der Waals surface area contributed by atoms with E-state index in [0.717, 1.165) is 39.7 Å². The van der Waals surface area contributed by atoms with Crippen LogP contribution in [0, 0.1) is 19.8 Å². The van der Waals surface area contributed by atoms with Gasteiger partial charge in [0.15, 0.2) is 5.17 Å². The first kappa shape index (κ1) is 24.4. The molecule has 0 bridgehead atoms. The van der Waals surface area contributed by atoms with Crippen molar-refractivity contribution in [3.05, 3.63) is 93.2 Å². The van der Waals surface area contributed by atoms with Crippen molar-refractivity contribution in [3.8, 4) is 0 Å². The molecule has 3 aliphatic rings. The lowest BCUT2D eigenvalue weighted by molar-refractivity contribution is -0.141. The molecule has 2 aromatic carbocycles. The number of rotatable bonds is 8. The molecule has 0 radical (unpaired) electrons. The Morgan fingerprint density at radius 2 is 1.89 bits per heavy atom. The average Bonchev–Trinajstić information content (AvgIpc) is 3.63. The summed E-state index contributed by atoms with van der Waals surface area (Å²) in [6, 6.07) is 15.5. The molecule has 2 aliphatic heterocycles. The molecule has 1 amide bonds. The molecule has 0 spiro atoms. The number of aryl methyl sites for hydroxylation is 2. The Bertz CT molecular complexity index is 1280. The summed E-state index contributed by atoms with van der Waals surface area (Å²) in [6.45, 7) is 6.88. The number of hydrogen-bond donors (Lipinski definition) is 1. The van der Waals surface area contributed by atoms with Crippen LogP contribution >= 0.6 is 11.8 Å². The van der Waals surface area contributed by atoms with Crippen LogP contribution in [0.25, 0.3) is 0 Å². The molecule has 1 aliphatic carbocycles. The SMILES string of the molecule is CC1=C(C(=O)OCc2ccccc2)C(c2cc(C)ccc2C)N2C(CC(=O)NCC3CC3)=CSC2=N1. The second-order valence-corrected chi connectivity index (χ2v) is 10.6. The molecule has 0 aromatic heterocycles. The van der Waals surface area contributed by atoms with Crippen LogP contribution in [-0.4, -0.2) is 28.5 Å². The van der Waals surface area contributed by atoms with E-state index in [9.17, 15) is 9.59 Å². The average molecular weight is 502 g/mol. The third-order valence-electron chi connectivity index (χ3n) is 6.79. The fourth-order valence-corrected chi connectivity index (χ4v) is 5.55. The largest absolute Gasteiger partial charge is 0.457 e. The Morgan fingerprint density at radius 1 is 1.11 bits per heavy atom. The van der Waals surface area contributed by atoms with Gasteiger partial charge in [0, 0.05) is 12.2 Å². The van der Waals surface area contributed by atoms with Crippen molar-refractivity contribution in [1.29, 1.82) is 0 Å². The van der Waals surface area contributed by atoms with Gasteiger partial charge in [-0.25, -0.2) is 9.79 Å². The van der Waals surface area contributed by atoms with E-state index >= 15 is 0 Å². The van der Waals surface area contributed by atoms with Gasteiger partial charge in [-0.1, -0.05) is 65.9 Å². The fraction of sp³-hybridized carbons (Fsp3) is 0.345. The molecule has 7 heteroatoms. The second kappa shape index (κ2) is 10.3. The molecule has 2 heterocycles. The van der Waals surface area contributed by atoms with Gasteiger partial charge in [0.1, 0.15) is 6.61 Å². The third kappa shape index (κ3) is 5.26. The van der Waals surface area contributed by atoms with Crippen molar-refractivity contribution in [3.63, 3.8) is 0 Å². The number of ether oxygens (including phenoxy) is 1. The zero-order valence-electron chi connectivity index (χ0n) is 20.9. The Balaban J connectivity index is 1.46. The van der Waals surface area contributed by atoms with Crippen LogP contribution in [0.1, 0.15) is 54.5 Å². The number of fused-ring (bicyclic) bond motifs is 1. The van der Waals surface area contributed by atoms with Crippen LogP contribution in [0.4, 0.5) is 0 Å². The zero-order chi connectivity index (χ0) is 25.2. The standard InChI is InChI=1S/C29H31N3O3S/c1-18-9-10-19(2)24(13-18)27-26(28(34)35-16-22-7-5-4-6-8-22)20(3)31-29-32(27)23(17-36-29)14-25(33)30-15-21-11-12-21/h4-10,13,17,21,27H,11-12,14-16H2,1-3H3,(H,30,33). The number of esters is 1. The number of aliphatic imine (C=N–C) groups is 1. The number of nitrogens with one attached hydrogen (secondary N) is 1. The number of carbonyl (C=O) groups is 2. The van der Waals surface area contributed by atoms with Gasteiger partial charge in [-0.15, -0.1) is 0 Å². The number of benzene rings is 2. The summed E-state index contributed by atoms with van der Waals surface area (Å²) in [5.41, 5.74) is 6.12. The maximum Gasteiger partial charge on any atom is 0.338 e. The van der Waals surface area contributed by atoms with Crippen molar-refractivity contribution in [1.82, 2.24) is 10.2 Å². The van der Waals surface area contributed by atoms with E-state index in [1.807, 2.05) is 49.6 Å². The van der Waals surface area contributed by atoms with Gasteiger partial charge in [0.05, 0.1) is 23.7 Å². The van der Waals surface area contributed by atoms with Crippen molar-refractivity contribution in [2.75, 3.05) is 6.54 Å². The lowest BCUT2D eigenvalue weighted by Gasteiger charge is -2.37. The van der Waals surface area contributed by atoms with Crippen LogP contribution in [0.3, 0.4) is 0 Å². The minimum absolute atomic E-state index is 0.00538. The quantitative estimate of drug-likeness (QED) is 0.481. The van der Waals surface area contributed by atoms with Crippen LogP contribution < -0.4 is 5.32 Å². The van der Waals surface area contributed by atoms with Crippen LogP contribution in [0.15, 0.2) is 75.9 Å². The molecule has 5 rings (SSSR count). The highest BCUT2D eigenvalue weighted by atomic mass is 32.2. The Hall–Kier alpha value is -3.32. The monoisotopic (exact) mass is 501 g/mol. The molecule has 36 heavy (non-hydrogen) atoms. The molecule has 186 valence electrons. The summed E-state index contributed by atoms with van der Waals surface area (Å²) in [5.74, 6) is 0.223. The summed E-state index contributed by atoms with van der Waals surface area (Å²) in [5, 5.41) is 5.83. The van der Waals surface area contributed by atoms with Crippen LogP contribution in [0.2, 0.25) is 0 Å². The minimum Gasteiger partial charge on any atom is -0.457 e. The van der Waals surface area contributed by atoms with E-state index in [4.69, 9.17) is 9.73 Å². The maximum absolute atomic E-state index is 13.6. The number of hydrogen-bond acceptors (Lipinski definition) is 6. The third-order valence-corrected chi connectivity index (χ3v) is 7.68. The number of amides is 1. The van der Waals surface area contributed by atoms with Gasteiger partial charge in [-0.05, 0) is 61.6 Å². The molecule has 1 N–H and O–H groups in total. The van der Waals surface area contributed by atoms with E-state index in [1.165, 1.54) is 24.6 Å². The number of amidine groups is 1. The van der Waals surface area contributed by atoms with Crippen LogP contribution in [0.5, 0.6) is 0 Å². The zero-order valence-corrected chi connectivity index (χ0v) is 21.7. The highest BCUT2D eigenvalue weighted by Crippen LogP contribution is 2.45. The second-order valence-electron chi connectivity index (χ2n) is 9.74. The van der Waals surface area contributed by atoms with Gasteiger partial charge in [0.25, 0.3) is 0 Å². The minimum atomic E-state index is -0.418. The predicted molar refractivity (Wildman–Crippen MR) is 143 cm³/mol. The van der Waals surface area contributed by atoms with E-state index in [2.05, 4.69) is 35.3 Å². The van der Waals surface area contributed by atoms with Crippen molar-refractivity contribution >= 4 is 28.8 Å². The number of allylic oxidation sites excluding steroid dienone is 1. The Morgan fingerprint density at radius 3 is 2.64 bits per heavy atom. The lowest BCUT2D eigenvalue weighted by Crippen LogP contribution is -2.38. The molecule has 6 nitrogen and oxygen atoms in total. The molecule has 1 atom stereocenters. The first-order chi connectivity index (χ1) is 17.4. The Labute approximate surface area is 216 Å². The maximum atomic E-state index is 13.6. The first-order valence-corrected chi connectivity index (χ1v) is 13.3. The van der Waals surface area contributed by atoms with Gasteiger partial charge in [0.2, 0.25) is 5.91 Å². The molecule has 1 fully saturated rings. The first-order valence-electron chi connectivity index (χ1n) is 12.4. The Kier molecular flexibility index (Phi) is 7.01. The fourth-order valence-electron chi connectivity index (χ4n) is 4.59. The highest BCUT2D eigenvalue weighted by Gasteiger charge is 2.41. The normalized spacial score (nSPS) is 19.0. The van der Waals surface area contributed by atoms with Crippen molar-refractivity contribution in [2.24, 2.45) is 10.9 Å². The summed E-state index contributed by atoms with van der Waals surface area (Å²) in [4.78, 5) is 33.2. The van der Waals surface area contributed by atoms with E-state index in [1.54, 1.807) is 0 Å². The van der Waals surface area contributed by atoms with Crippen molar-refractivity contribution < 1.29 is 14.3 Å². The number of carbonyl (C=O) groups excluding carboxylic acids is 2. The van der Waals surface area contributed by atoms with Gasteiger partial charge in [-0.3, -0.25) is 4.79 Å². The molecular weight excluding hydrogens is 470 g/mol. The molecule has 1 unspecified atom stereocenters. The van der Waals surface area contributed by atoms with Gasteiger partial charge in [-0.2, -0.15) is 0 Å². The van der Waals surface area contributed by atoms with Gasteiger partial charge >= 0.3 is 5.97 Å². The molecule has 2 aromatic rings. The van der Waals surface area contributed by atoms with E-state index < -0.39 is 6.04 Å². The summed E-state index contributed by atoms with van der Waals surface area (Å²) in [7, 11) is 0. The topological polar surface area (TPSA) is 71.0 Å². The smallest absolute Gasteiger partial charge is 0.338 e. The predicted octanol–water partition coefficient (Wildman–Crippen LogP) is 5.54. The highest BCUT2D eigenvalue weighted by molar-refractivity contribution is 8.16. The van der Waals surface area contributed by atoms with Gasteiger partial charge < -0.3 is 15.0 Å². The summed E-state index contributed by atoms with van der Waals surface area (Å²) in [6.07, 6.45) is 2.62. The lowest BCUT2D eigenvalue weighted by atomic mass is 9.90. The summed E-state index contributed by atoms with van der Waals surface area (Å²) < 4.78 is 5.80. The van der Waals surface area contributed by atoms with E-state index in [0.29, 0.717) is 17.2 Å². The summed E-state index contributed by atoms with van der Waals surface area (Å²) >= 11 is 1.50. The molecule has 1 saturated carbocycles. The van der Waals surface area contributed by atoms with E-state index in [-0.39, 0.29) is 24.9 Å². The molecule has 0 saturated heterocycles. The number of nitrogens with zero attached hydrogens (tertiary/aromatic N) is 2.